The lowest BCUT2D eigenvalue weighted by Gasteiger charge is -2.07. The predicted octanol–water partition coefficient (Wildman–Crippen LogP) is 2.54. The number of ether oxygens (including phenoxy) is 2. The highest BCUT2D eigenvalue weighted by Crippen LogP contribution is 2.22. The Morgan fingerprint density at radius 1 is 1.53 bits per heavy atom. The number of benzene rings is 1. The molecule has 1 aromatic carbocycles. The second-order valence-corrected chi connectivity index (χ2v) is 3.72. The van der Waals surface area contributed by atoms with Gasteiger partial charge in [0.15, 0.2) is 0 Å². The van der Waals surface area contributed by atoms with E-state index in [0.717, 1.165) is 0 Å². The van der Waals surface area contributed by atoms with Crippen molar-refractivity contribution in [1.82, 2.24) is 0 Å². The summed E-state index contributed by atoms with van der Waals surface area (Å²) in [6, 6.07) is 6.81. The molecule has 0 fully saturated rings. The molecule has 1 rings (SSSR count). The normalized spacial score (nSPS) is 9.47. The predicted molar refractivity (Wildman–Crippen MR) is 62.9 cm³/mol. The van der Waals surface area contributed by atoms with Crippen molar-refractivity contribution in [2.75, 3.05) is 13.7 Å². The molecule has 0 aliphatic carbocycles. The van der Waals surface area contributed by atoms with Crippen LogP contribution in [0.1, 0.15) is 18.4 Å². The van der Waals surface area contributed by atoms with Gasteiger partial charge in [-0.1, -0.05) is 11.6 Å². The van der Waals surface area contributed by atoms with Gasteiger partial charge in [0.05, 0.1) is 19.3 Å². The summed E-state index contributed by atoms with van der Waals surface area (Å²) in [6.07, 6.45) is 0.822. The van der Waals surface area contributed by atoms with Crippen LogP contribution in [0.25, 0.3) is 0 Å². The van der Waals surface area contributed by atoms with E-state index in [0.29, 0.717) is 35.8 Å². The van der Waals surface area contributed by atoms with Crippen LogP contribution < -0.4 is 4.74 Å². The summed E-state index contributed by atoms with van der Waals surface area (Å²) in [5.74, 6) is 0.157. The minimum atomic E-state index is -0.278. The summed E-state index contributed by atoms with van der Waals surface area (Å²) in [4.78, 5) is 10.8. The van der Waals surface area contributed by atoms with E-state index in [9.17, 15) is 4.79 Å². The molecule has 0 radical (unpaired) electrons. The molecule has 1 aromatic rings. The van der Waals surface area contributed by atoms with Gasteiger partial charge >= 0.3 is 5.97 Å². The van der Waals surface area contributed by atoms with Crippen LogP contribution in [0.3, 0.4) is 0 Å². The molecule has 0 atom stereocenters. The van der Waals surface area contributed by atoms with Gasteiger partial charge in [-0.05, 0) is 18.6 Å². The van der Waals surface area contributed by atoms with Crippen molar-refractivity contribution in [2.45, 2.75) is 12.8 Å². The molecule has 0 unspecified atom stereocenters. The number of rotatable bonds is 5. The van der Waals surface area contributed by atoms with Crippen LogP contribution in [-0.4, -0.2) is 19.7 Å². The summed E-state index contributed by atoms with van der Waals surface area (Å²) in [5.41, 5.74) is 0.424. The summed E-state index contributed by atoms with van der Waals surface area (Å²) >= 11 is 5.80. The van der Waals surface area contributed by atoms with Crippen molar-refractivity contribution in [1.29, 1.82) is 5.26 Å². The Morgan fingerprint density at radius 3 is 2.94 bits per heavy atom. The van der Waals surface area contributed by atoms with E-state index in [1.54, 1.807) is 18.2 Å². The maximum atomic E-state index is 10.8. The number of hydrogen-bond acceptors (Lipinski definition) is 4. The average Bonchev–Trinajstić information content (AvgIpc) is 2.34. The number of nitrogens with zero attached hydrogens (tertiary/aromatic N) is 1. The minimum absolute atomic E-state index is 0.278. The molecule has 0 aliphatic rings. The van der Waals surface area contributed by atoms with Gasteiger partial charge in [0, 0.05) is 17.5 Å². The first kappa shape index (κ1) is 13.3. The number of nitriles is 1. The van der Waals surface area contributed by atoms with Crippen molar-refractivity contribution in [2.24, 2.45) is 0 Å². The smallest absolute Gasteiger partial charge is 0.305 e. The zero-order valence-corrected chi connectivity index (χ0v) is 10.2. The molecule has 0 aliphatic heterocycles. The van der Waals surface area contributed by atoms with E-state index >= 15 is 0 Å². The van der Waals surface area contributed by atoms with Crippen LogP contribution in [0.15, 0.2) is 18.2 Å². The van der Waals surface area contributed by atoms with Crippen molar-refractivity contribution in [3.8, 4) is 11.8 Å². The van der Waals surface area contributed by atoms with Crippen LogP contribution >= 0.6 is 11.6 Å². The molecular weight excluding hydrogens is 242 g/mol. The lowest BCUT2D eigenvalue weighted by atomic mass is 10.2. The summed E-state index contributed by atoms with van der Waals surface area (Å²) in [6.45, 7) is 0.337. The zero-order chi connectivity index (χ0) is 12.7. The highest BCUT2D eigenvalue weighted by Gasteiger charge is 2.05. The van der Waals surface area contributed by atoms with E-state index in [1.165, 1.54) is 7.11 Å². The largest absolute Gasteiger partial charge is 0.492 e. The third-order valence-electron chi connectivity index (χ3n) is 2.07. The van der Waals surface area contributed by atoms with Crippen molar-refractivity contribution in [3.63, 3.8) is 0 Å². The summed E-state index contributed by atoms with van der Waals surface area (Å²) in [5, 5.41) is 9.35. The molecule has 0 saturated carbocycles. The molecule has 0 bridgehead atoms. The lowest BCUT2D eigenvalue weighted by molar-refractivity contribution is -0.140. The lowest BCUT2D eigenvalue weighted by Crippen LogP contribution is -2.05. The van der Waals surface area contributed by atoms with Gasteiger partial charge in [-0.3, -0.25) is 4.79 Å². The number of halogens is 1. The fourth-order valence-corrected chi connectivity index (χ4v) is 1.37. The summed E-state index contributed by atoms with van der Waals surface area (Å²) in [7, 11) is 1.34. The fraction of sp³-hybridized carbons (Fsp3) is 0.333. The third kappa shape index (κ3) is 4.33. The number of esters is 1. The molecule has 5 heteroatoms. The van der Waals surface area contributed by atoms with E-state index in [2.05, 4.69) is 4.74 Å². The Kier molecular flexibility index (Phi) is 5.31. The van der Waals surface area contributed by atoms with Gasteiger partial charge < -0.3 is 9.47 Å². The molecule has 17 heavy (non-hydrogen) atoms. The Hall–Kier alpha value is -1.73. The molecule has 90 valence electrons. The number of carbonyl (C=O) groups excluding carboxylic acids is 1. The van der Waals surface area contributed by atoms with Crippen molar-refractivity contribution < 1.29 is 14.3 Å². The van der Waals surface area contributed by atoms with E-state index in [-0.39, 0.29) is 5.97 Å². The van der Waals surface area contributed by atoms with Crippen LogP contribution in [0, 0.1) is 11.3 Å². The van der Waals surface area contributed by atoms with Crippen LogP contribution in [0.2, 0.25) is 5.02 Å². The van der Waals surface area contributed by atoms with E-state index < -0.39 is 0 Å². The first-order valence-corrected chi connectivity index (χ1v) is 5.44. The second-order valence-electron chi connectivity index (χ2n) is 3.28. The molecule has 0 aromatic heterocycles. The number of carbonyl (C=O) groups is 1. The van der Waals surface area contributed by atoms with Gasteiger partial charge in [-0.15, -0.1) is 0 Å². The minimum Gasteiger partial charge on any atom is -0.492 e. The van der Waals surface area contributed by atoms with E-state index in [1.807, 2.05) is 6.07 Å². The molecule has 0 spiro atoms. The van der Waals surface area contributed by atoms with Crippen LogP contribution in [-0.2, 0) is 9.53 Å². The first-order chi connectivity index (χ1) is 8.17. The van der Waals surface area contributed by atoms with Gasteiger partial charge in [0.1, 0.15) is 11.8 Å². The molecule has 0 N–H and O–H groups in total. The van der Waals surface area contributed by atoms with Gasteiger partial charge in [-0.25, -0.2) is 0 Å². The fourth-order valence-electron chi connectivity index (χ4n) is 1.21. The third-order valence-corrected chi connectivity index (χ3v) is 2.31. The molecule has 0 amide bonds. The van der Waals surface area contributed by atoms with Gasteiger partial charge in [0.25, 0.3) is 0 Å². The highest BCUT2D eigenvalue weighted by molar-refractivity contribution is 6.30. The number of hydrogen-bond donors (Lipinski definition) is 0. The SMILES string of the molecule is COC(=O)CCCOc1cc(Cl)ccc1C#N. The van der Waals surface area contributed by atoms with Crippen LogP contribution in [0.4, 0.5) is 0 Å². The topological polar surface area (TPSA) is 59.3 Å². The maximum Gasteiger partial charge on any atom is 0.305 e. The van der Waals surface area contributed by atoms with Crippen molar-refractivity contribution in [3.05, 3.63) is 28.8 Å². The second kappa shape index (κ2) is 6.77. The molecule has 4 nitrogen and oxygen atoms in total. The van der Waals surface area contributed by atoms with Gasteiger partial charge in [-0.2, -0.15) is 5.26 Å². The standard InChI is InChI=1S/C12H12ClNO3/c1-16-12(15)3-2-6-17-11-7-10(13)5-4-9(11)8-14/h4-5,7H,2-3,6H2,1H3. The van der Waals surface area contributed by atoms with E-state index in [4.69, 9.17) is 21.6 Å². The highest BCUT2D eigenvalue weighted by atomic mass is 35.5. The average molecular weight is 254 g/mol. The zero-order valence-electron chi connectivity index (χ0n) is 9.40. The Bertz CT molecular complexity index is 440. The summed E-state index contributed by atoms with van der Waals surface area (Å²) < 4.78 is 9.89. The Balaban J connectivity index is 2.49. The monoisotopic (exact) mass is 253 g/mol. The number of methoxy groups -OCH3 is 1. The van der Waals surface area contributed by atoms with Gasteiger partial charge in [0.2, 0.25) is 0 Å². The van der Waals surface area contributed by atoms with Crippen LogP contribution in [0.5, 0.6) is 5.75 Å². The molecule has 0 saturated heterocycles. The van der Waals surface area contributed by atoms with Crippen molar-refractivity contribution >= 4 is 17.6 Å². The maximum absolute atomic E-state index is 10.8. The molecule has 0 heterocycles. The Morgan fingerprint density at radius 2 is 2.29 bits per heavy atom. The quantitative estimate of drug-likeness (QED) is 0.598. The molecular formula is C12H12ClNO3. The first-order valence-electron chi connectivity index (χ1n) is 5.06. The Labute approximate surface area is 105 Å².